The van der Waals surface area contributed by atoms with E-state index in [0.717, 1.165) is 0 Å². The average molecular weight is 561 g/mol. The van der Waals surface area contributed by atoms with Crippen molar-refractivity contribution < 1.29 is 26.3 Å². The van der Waals surface area contributed by atoms with Gasteiger partial charge in [0.1, 0.15) is 42.5 Å². The maximum absolute atomic E-state index is 12.0. The van der Waals surface area contributed by atoms with Crippen LogP contribution in [0.1, 0.15) is 0 Å². The van der Waals surface area contributed by atoms with Gasteiger partial charge in [0.15, 0.2) is 5.65 Å². The van der Waals surface area contributed by atoms with Crippen molar-refractivity contribution in [2.75, 3.05) is 49.7 Å². The Kier molecular flexibility index (Phi) is 7.83. The summed E-state index contributed by atoms with van der Waals surface area (Å²) in [4.78, 5) is 15.5. The Labute approximate surface area is 221 Å². The third-order valence-corrected chi connectivity index (χ3v) is 7.47. The Balaban J connectivity index is 1.72. The van der Waals surface area contributed by atoms with Crippen LogP contribution < -0.4 is 14.4 Å². The lowest BCUT2D eigenvalue weighted by Gasteiger charge is -2.24. The number of aryl methyl sites for hydroxylation is 1. The average Bonchev–Trinajstić information content (AvgIpc) is 3.35. The summed E-state index contributed by atoms with van der Waals surface area (Å²) in [5.74, 6) is 1.41. The molecule has 202 valence electrons. The highest BCUT2D eigenvalue weighted by atomic mass is 32.2. The lowest BCUT2D eigenvalue weighted by Crippen LogP contribution is -2.25. The van der Waals surface area contributed by atoms with Gasteiger partial charge in [-0.3, -0.25) is 9.67 Å². The fourth-order valence-corrected chi connectivity index (χ4v) is 4.67. The molecule has 12 nitrogen and oxygen atoms in total. The van der Waals surface area contributed by atoms with E-state index in [4.69, 9.17) is 14.5 Å². The highest BCUT2D eigenvalue weighted by molar-refractivity contribution is 7.90. The molecule has 0 saturated heterocycles. The van der Waals surface area contributed by atoms with Crippen LogP contribution in [0.4, 0.5) is 11.5 Å². The number of benzene rings is 1. The fourth-order valence-electron chi connectivity index (χ4n) is 3.64. The second-order valence-corrected chi connectivity index (χ2v) is 13.3. The number of nitrogens with zero attached hydrogens (tertiary/aromatic N) is 6. The van der Waals surface area contributed by atoms with E-state index in [0.29, 0.717) is 45.4 Å². The molecule has 0 aliphatic heterocycles. The summed E-state index contributed by atoms with van der Waals surface area (Å²) in [6, 6.07) is 8.76. The predicted molar refractivity (Wildman–Crippen MR) is 145 cm³/mol. The molecule has 0 aliphatic carbocycles. The zero-order valence-electron chi connectivity index (χ0n) is 21.4. The zero-order valence-corrected chi connectivity index (χ0v) is 23.0. The number of pyridine rings is 1. The zero-order chi connectivity index (χ0) is 27.5. The van der Waals surface area contributed by atoms with Gasteiger partial charge in [-0.2, -0.15) is 5.10 Å². The van der Waals surface area contributed by atoms with Crippen LogP contribution in [-0.2, 0) is 26.2 Å². The van der Waals surface area contributed by atoms with E-state index >= 15 is 0 Å². The van der Waals surface area contributed by atoms with Gasteiger partial charge in [-0.15, -0.1) is 0 Å². The van der Waals surface area contributed by atoms with Gasteiger partial charge >= 0.3 is 0 Å². The molecule has 3 heterocycles. The van der Waals surface area contributed by atoms with Gasteiger partial charge in [0.25, 0.3) is 0 Å². The van der Waals surface area contributed by atoms with Crippen molar-refractivity contribution in [1.29, 1.82) is 0 Å². The summed E-state index contributed by atoms with van der Waals surface area (Å²) in [5, 5.41) is 4.22. The Bertz CT molecular complexity index is 1650. The summed E-state index contributed by atoms with van der Waals surface area (Å²) >= 11 is 0. The maximum atomic E-state index is 12.0. The van der Waals surface area contributed by atoms with Gasteiger partial charge in [0.2, 0.25) is 0 Å². The third kappa shape index (κ3) is 6.95. The van der Waals surface area contributed by atoms with Crippen molar-refractivity contribution in [2.45, 2.75) is 6.54 Å². The standard InChI is InChI=1S/C24H28N6O6S2/c1-35-19-11-18(12-20(13-19)36-2)30(8-10-38(4,33)34)23-6-5-21-24(28-23)27-22(15-25-21)17-14-26-29(16-17)7-9-37(3,31)32/h5-6,11-16H,7-10H2,1-4H3. The molecule has 4 rings (SSSR count). The highest BCUT2D eigenvalue weighted by Crippen LogP contribution is 2.33. The van der Waals surface area contributed by atoms with Crippen LogP contribution in [-0.4, -0.2) is 86.3 Å². The number of aromatic nitrogens is 5. The Morgan fingerprint density at radius 1 is 0.895 bits per heavy atom. The van der Waals surface area contributed by atoms with Gasteiger partial charge < -0.3 is 14.4 Å². The molecular formula is C24H28N6O6S2. The number of methoxy groups -OCH3 is 2. The second-order valence-electron chi connectivity index (χ2n) is 8.74. The Morgan fingerprint density at radius 2 is 1.58 bits per heavy atom. The number of hydrogen-bond acceptors (Lipinski definition) is 11. The smallest absolute Gasteiger partial charge is 0.180 e. The minimum Gasteiger partial charge on any atom is -0.497 e. The van der Waals surface area contributed by atoms with E-state index in [-0.39, 0.29) is 24.6 Å². The topological polar surface area (TPSA) is 146 Å². The predicted octanol–water partition coefficient (Wildman–Crippen LogP) is 2.13. The van der Waals surface area contributed by atoms with Crippen molar-refractivity contribution in [2.24, 2.45) is 0 Å². The van der Waals surface area contributed by atoms with E-state index in [1.54, 1.807) is 53.8 Å². The van der Waals surface area contributed by atoms with E-state index in [1.165, 1.54) is 31.4 Å². The molecule has 1 aromatic carbocycles. The van der Waals surface area contributed by atoms with Gasteiger partial charge in [-0.1, -0.05) is 0 Å². The van der Waals surface area contributed by atoms with Crippen LogP contribution in [0.15, 0.2) is 48.9 Å². The molecule has 0 N–H and O–H groups in total. The summed E-state index contributed by atoms with van der Waals surface area (Å²) in [7, 11) is -3.32. The molecule has 0 spiro atoms. The van der Waals surface area contributed by atoms with E-state index < -0.39 is 19.7 Å². The van der Waals surface area contributed by atoms with Crippen molar-refractivity contribution in [3.8, 4) is 22.8 Å². The lowest BCUT2D eigenvalue weighted by atomic mass is 10.2. The van der Waals surface area contributed by atoms with Crippen LogP contribution in [0.5, 0.6) is 11.5 Å². The Hall–Kier alpha value is -3.78. The van der Waals surface area contributed by atoms with Gasteiger partial charge in [-0.25, -0.2) is 26.8 Å². The van der Waals surface area contributed by atoms with Crippen LogP contribution in [0.3, 0.4) is 0 Å². The number of rotatable bonds is 11. The molecular weight excluding hydrogens is 532 g/mol. The number of anilines is 2. The SMILES string of the molecule is COc1cc(OC)cc(N(CCS(C)(=O)=O)c2ccc3ncc(-c4cnn(CCS(C)(=O)=O)c4)nc3n2)c1. The monoisotopic (exact) mass is 560 g/mol. The summed E-state index contributed by atoms with van der Waals surface area (Å²) in [5.41, 5.74) is 2.70. The first-order chi connectivity index (χ1) is 17.9. The van der Waals surface area contributed by atoms with Crippen molar-refractivity contribution in [3.63, 3.8) is 0 Å². The molecule has 0 atom stereocenters. The van der Waals surface area contributed by atoms with E-state index in [2.05, 4.69) is 15.1 Å². The molecule has 0 aliphatic rings. The second kappa shape index (κ2) is 10.9. The van der Waals surface area contributed by atoms with E-state index in [1.807, 2.05) is 0 Å². The Morgan fingerprint density at radius 3 is 2.21 bits per heavy atom. The van der Waals surface area contributed by atoms with Crippen LogP contribution in [0.25, 0.3) is 22.4 Å². The van der Waals surface area contributed by atoms with Crippen molar-refractivity contribution >= 4 is 42.3 Å². The quantitative estimate of drug-likeness (QED) is 0.266. The molecule has 0 saturated carbocycles. The summed E-state index contributed by atoms with van der Waals surface area (Å²) in [6.45, 7) is 0.357. The molecule has 14 heteroatoms. The number of ether oxygens (including phenoxy) is 2. The fraction of sp³-hybridized carbons (Fsp3) is 0.333. The summed E-state index contributed by atoms with van der Waals surface area (Å²) < 4.78 is 59.3. The molecule has 3 aromatic heterocycles. The first kappa shape index (κ1) is 27.3. The molecule has 0 fully saturated rings. The largest absolute Gasteiger partial charge is 0.497 e. The van der Waals surface area contributed by atoms with Gasteiger partial charge in [0.05, 0.1) is 50.4 Å². The number of fused-ring (bicyclic) bond motifs is 1. The minimum atomic E-state index is -3.27. The van der Waals surface area contributed by atoms with Crippen LogP contribution >= 0.6 is 0 Å². The first-order valence-corrected chi connectivity index (χ1v) is 15.6. The molecule has 0 unspecified atom stereocenters. The van der Waals surface area contributed by atoms with Crippen LogP contribution in [0, 0.1) is 0 Å². The molecule has 4 aromatic rings. The lowest BCUT2D eigenvalue weighted by molar-refractivity contribution is 0.394. The molecule has 0 bridgehead atoms. The van der Waals surface area contributed by atoms with Gasteiger partial charge in [-0.05, 0) is 12.1 Å². The van der Waals surface area contributed by atoms with E-state index in [9.17, 15) is 16.8 Å². The minimum absolute atomic E-state index is 0.0270. The van der Waals surface area contributed by atoms with Gasteiger partial charge in [0, 0.05) is 54.7 Å². The third-order valence-electron chi connectivity index (χ3n) is 5.62. The normalized spacial score (nSPS) is 12.0. The van der Waals surface area contributed by atoms with Crippen molar-refractivity contribution in [1.82, 2.24) is 24.7 Å². The summed E-state index contributed by atoms with van der Waals surface area (Å²) in [6.07, 6.45) is 7.24. The van der Waals surface area contributed by atoms with Crippen molar-refractivity contribution in [3.05, 3.63) is 48.9 Å². The molecule has 0 amide bonds. The number of sulfone groups is 2. The number of hydrogen-bond donors (Lipinski definition) is 0. The highest BCUT2D eigenvalue weighted by Gasteiger charge is 2.18. The first-order valence-electron chi connectivity index (χ1n) is 11.5. The van der Waals surface area contributed by atoms with Crippen LogP contribution in [0.2, 0.25) is 0 Å². The molecule has 38 heavy (non-hydrogen) atoms. The molecule has 0 radical (unpaired) electrons. The maximum Gasteiger partial charge on any atom is 0.180 e.